The number of H-pyrrole nitrogens is 1. The third-order valence-electron chi connectivity index (χ3n) is 4.29. The van der Waals surface area contributed by atoms with E-state index in [0.717, 1.165) is 30.9 Å². The van der Waals surface area contributed by atoms with E-state index in [9.17, 15) is 4.79 Å². The topological polar surface area (TPSA) is 84.0 Å². The lowest BCUT2D eigenvalue weighted by Gasteiger charge is -2.21. The van der Waals surface area contributed by atoms with Crippen LogP contribution in [-0.4, -0.2) is 50.1 Å². The first-order chi connectivity index (χ1) is 10.8. The van der Waals surface area contributed by atoms with Crippen molar-refractivity contribution in [2.75, 3.05) is 13.7 Å². The van der Waals surface area contributed by atoms with Crippen molar-refractivity contribution in [3.05, 3.63) is 28.8 Å². The summed E-state index contributed by atoms with van der Waals surface area (Å²) in [4.78, 5) is 19.1. The van der Waals surface area contributed by atoms with Gasteiger partial charge in [-0.3, -0.25) is 9.89 Å². The van der Waals surface area contributed by atoms with Crippen LogP contribution in [0.4, 0.5) is 0 Å². The molecular weight excluding hydrogens is 302 g/mol. The lowest BCUT2D eigenvalue weighted by atomic mass is 10.2. The number of carbonyl (C=O) groups excluding carboxylic acids is 1. The predicted molar refractivity (Wildman–Crippen MR) is 79.7 cm³/mol. The Morgan fingerprint density at radius 2 is 2.36 bits per heavy atom. The van der Waals surface area contributed by atoms with Crippen LogP contribution >= 0.6 is 11.5 Å². The molecule has 2 aromatic rings. The highest BCUT2D eigenvalue weighted by Crippen LogP contribution is 2.39. The molecule has 2 atom stereocenters. The summed E-state index contributed by atoms with van der Waals surface area (Å²) in [5, 5.41) is 9.13. The summed E-state index contributed by atoms with van der Waals surface area (Å²) in [5.74, 6) is 2.05. The molecule has 2 aromatic heterocycles. The zero-order valence-electron chi connectivity index (χ0n) is 12.2. The number of hydrogen-bond donors (Lipinski definition) is 1. The maximum Gasteiger partial charge on any atom is 0.274 e. The van der Waals surface area contributed by atoms with Gasteiger partial charge in [-0.05, 0) is 30.4 Å². The number of amides is 1. The first kappa shape index (κ1) is 13.8. The van der Waals surface area contributed by atoms with Crippen LogP contribution in [0.3, 0.4) is 0 Å². The Morgan fingerprint density at radius 3 is 3.05 bits per heavy atom. The van der Waals surface area contributed by atoms with Gasteiger partial charge in [0.1, 0.15) is 11.5 Å². The lowest BCUT2D eigenvalue weighted by molar-refractivity contribution is 0.0680. The van der Waals surface area contributed by atoms with Crippen molar-refractivity contribution in [1.82, 2.24) is 24.5 Å². The molecule has 1 amide bonds. The number of nitrogens with zero attached hydrogens (tertiary/aromatic N) is 4. The molecule has 0 aromatic carbocycles. The molecule has 2 aliphatic rings. The van der Waals surface area contributed by atoms with Gasteiger partial charge in [-0.2, -0.15) is 9.47 Å². The molecular formula is C14H17N5O2S. The number of nitrogens with one attached hydrogen (secondary N) is 1. The van der Waals surface area contributed by atoms with Crippen LogP contribution in [-0.2, 0) is 4.74 Å². The zero-order valence-corrected chi connectivity index (χ0v) is 13.0. The van der Waals surface area contributed by atoms with E-state index in [-0.39, 0.29) is 18.1 Å². The average molecular weight is 319 g/mol. The van der Waals surface area contributed by atoms with Crippen molar-refractivity contribution in [1.29, 1.82) is 0 Å². The first-order valence-electron chi connectivity index (χ1n) is 7.42. The molecule has 8 heteroatoms. The molecule has 7 nitrogen and oxygen atoms in total. The molecule has 0 spiro atoms. The second-order valence-corrected chi connectivity index (χ2v) is 6.47. The number of rotatable bonds is 4. The summed E-state index contributed by atoms with van der Waals surface area (Å²) < 4.78 is 9.60. The molecule has 0 radical (unpaired) electrons. The van der Waals surface area contributed by atoms with E-state index in [1.807, 2.05) is 5.38 Å². The lowest BCUT2D eigenvalue weighted by Crippen LogP contribution is -2.32. The van der Waals surface area contributed by atoms with Gasteiger partial charge < -0.3 is 9.64 Å². The molecule has 116 valence electrons. The molecule has 22 heavy (non-hydrogen) atoms. The Hall–Kier alpha value is -1.80. The number of aromatic amines is 1. The van der Waals surface area contributed by atoms with Crippen LogP contribution in [0.1, 0.15) is 53.4 Å². The minimum atomic E-state index is -0.126. The van der Waals surface area contributed by atoms with Crippen molar-refractivity contribution in [2.45, 2.75) is 37.3 Å². The molecule has 1 saturated carbocycles. The number of methoxy groups -OCH3 is 1. The largest absolute Gasteiger partial charge is 0.380 e. The van der Waals surface area contributed by atoms with Gasteiger partial charge in [0.15, 0.2) is 5.82 Å². The minimum Gasteiger partial charge on any atom is -0.380 e. The fourth-order valence-electron chi connectivity index (χ4n) is 2.88. The van der Waals surface area contributed by atoms with Crippen LogP contribution in [0.25, 0.3) is 0 Å². The number of ether oxygens (including phenoxy) is 1. The second-order valence-electron chi connectivity index (χ2n) is 5.80. The smallest absolute Gasteiger partial charge is 0.274 e. The maximum absolute atomic E-state index is 12.7. The normalized spacial score (nSPS) is 24.9. The SMILES string of the molecule is CO[C@@H]1C[C@@H](c2nc(C3CC3)n[nH]2)N(C(=O)c2ccsn2)C1. The summed E-state index contributed by atoms with van der Waals surface area (Å²) in [6.45, 7) is 0.553. The van der Waals surface area contributed by atoms with E-state index >= 15 is 0 Å². The second kappa shape index (κ2) is 5.44. The van der Waals surface area contributed by atoms with Crippen molar-refractivity contribution in [3.8, 4) is 0 Å². The van der Waals surface area contributed by atoms with Gasteiger partial charge in [-0.1, -0.05) is 0 Å². The van der Waals surface area contributed by atoms with E-state index in [1.54, 1.807) is 18.1 Å². The molecule has 1 aliphatic heterocycles. The summed E-state index contributed by atoms with van der Waals surface area (Å²) in [7, 11) is 1.68. The number of aromatic nitrogens is 4. The average Bonchev–Trinajstić information content (AvgIpc) is 3.03. The van der Waals surface area contributed by atoms with Crippen LogP contribution in [0, 0.1) is 0 Å². The highest BCUT2D eigenvalue weighted by Gasteiger charge is 2.40. The van der Waals surface area contributed by atoms with Crippen molar-refractivity contribution in [2.24, 2.45) is 0 Å². The number of carbonyl (C=O) groups is 1. The van der Waals surface area contributed by atoms with Gasteiger partial charge in [-0.15, -0.1) is 0 Å². The van der Waals surface area contributed by atoms with Crippen molar-refractivity contribution in [3.63, 3.8) is 0 Å². The van der Waals surface area contributed by atoms with Crippen LogP contribution in [0.15, 0.2) is 11.4 Å². The number of hydrogen-bond acceptors (Lipinski definition) is 6. The maximum atomic E-state index is 12.7. The first-order valence-corrected chi connectivity index (χ1v) is 8.26. The fraction of sp³-hybridized carbons (Fsp3) is 0.571. The molecule has 1 N–H and O–H groups in total. The van der Waals surface area contributed by atoms with Crippen LogP contribution in [0.2, 0.25) is 0 Å². The molecule has 3 heterocycles. The van der Waals surface area contributed by atoms with Crippen LogP contribution < -0.4 is 0 Å². The zero-order chi connectivity index (χ0) is 15.1. The fourth-order valence-corrected chi connectivity index (χ4v) is 3.39. The molecule has 4 rings (SSSR count). The highest BCUT2D eigenvalue weighted by atomic mass is 32.1. The van der Waals surface area contributed by atoms with Crippen molar-refractivity contribution >= 4 is 17.4 Å². The minimum absolute atomic E-state index is 0.0158. The quantitative estimate of drug-likeness (QED) is 0.928. The van der Waals surface area contributed by atoms with Gasteiger partial charge in [0.2, 0.25) is 0 Å². The van der Waals surface area contributed by atoms with Gasteiger partial charge >= 0.3 is 0 Å². The standard InChI is InChI=1S/C14H17N5O2S/c1-21-9-6-11(13-15-12(16-17-13)8-2-3-8)19(7-9)14(20)10-4-5-22-18-10/h4-5,8-9,11H,2-3,6-7H2,1H3,(H,15,16,17)/t9-,11+/m1/s1. The Balaban J connectivity index is 1.60. The highest BCUT2D eigenvalue weighted by molar-refractivity contribution is 7.03. The molecule has 0 bridgehead atoms. The third kappa shape index (κ3) is 2.42. The molecule has 2 fully saturated rings. The predicted octanol–water partition coefficient (Wildman–Crippen LogP) is 1.74. The van der Waals surface area contributed by atoms with Crippen molar-refractivity contribution < 1.29 is 9.53 Å². The number of likely N-dealkylation sites (tertiary alicyclic amines) is 1. The Labute approximate surface area is 131 Å². The molecule has 1 saturated heterocycles. The van der Waals surface area contributed by atoms with Gasteiger partial charge in [0, 0.05) is 31.4 Å². The van der Waals surface area contributed by atoms with Gasteiger partial charge in [-0.25, -0.2) is 4.98 Å². The third-order valence-corrected chi connectivity index (χ3v) is 4.85. The monoisotopic (exact) mass is 319 g/mol. The summed E-state index contributed by atoms with van der Waals surface area (Å²) >= 11 is 1.28. The van der Waals surface area contributed by atoms with Gasteiger partial charge in [0.05, 0.1) is 12.1 Å². The Bertz CT molecular complexity index is 667. The summed E-state index contributed by atoms with van der Waals surface area (Å²) in [6.07, 6.45) is 3.06. The van der Waals surface area contributed by atoms with E-state index in [2.05, 4.69) is 19.6 Å². The van der Waals surface area contributed by atoms with E-state index in [0.29, 0.717) is 18.2 Å². The molecule has 0 unspecified atom stereocenters. The van der Waals surface area contributed by atoms with E-state index < -0.39 is 0 Å². The van der Waals surface area contributed by atoms with Gasteiger partial charge in [0.25, 0.3) is 5.91 Å². The van der Waals surface area contributed by atoms with E-state index in [4.69, 9.17) is 4.74 Å². The Kier molecular flexibility index (Phi) is 3.42. The molecule has 1 aliphatic carbocycles. The van der Waals surface area contributed by atoms with E-state index in [1.165, 1.54) is 11.5 Å². The Morgan fingerprint density at radius 1 is 1.50 bits per heavy atom. The summed E-state index contributed by atoms with van der Waals surface area (Å²) in [5.41, 5.74) is 0.480. The van der Waals surface area contributed by atoms with Crippen LogP contribution in [0.5, 0.6) is 0 Å². The summed E-state index contributed by atoms with van der Waals surface area (Å²) in [6, 6.07) is 1.62.